The van der Waals surface area contributed by atoms with Crippen molar-refractivity contribution in [3.63, 3.8) is 0 Å². The van der Waals surface area contributed by atoms with Crippen molar-refractivity contribution in [1.82, 2.24) is 5.32 Å². The highest BCUT2D eigenvalue weighted by molar-refractivity contribution is 6.36. The fourth-order valence-corrected chi connectivity index (χ4v) is 3.19. The van der Waals surface area contributed by atoms with Crippen molar-refractivity contribution < 1.29 is 32.9 Å². The van der Waals surface area contributed by atoms with Crippen LogP contribution >= 0.6 is 23.2 Å². The molecule has 0 aliphatic carbocycles. The minimum absolute atomic E-state index is 0.0538. The lowest BCUT2D eigenvalue weighted by molar-refractivity contribution is -0.137. The molecule has 0 saturated heterocycles. The van der Waals surface area contributed by atoms with E-state index in [4.69, 9.17) is 27.9 Å². The van der Waals surface area contributed by atoms with Crippen LogP contribution < -0.4 is 5.32 Å². The van der Waals surface area contributed by atoms with Crippen LogP contribution in [0.4, 0.5) is 18.0 Å². The number of halogens is 5. The molecule has 2 unspecified atom stereocenters. The van der Waals surface area contributed by atoms with Gasteiger partial charge < -0.3 is 20.3 Å². The molecule has 2 aromatic carbocycles. The van der Waals surface area contributed by atoms with Crippen molar-refractivity contribution >= 4 is 29.3 Å². The van der Waals surface area contributed by atoms with Crippen molar-refractivity contribution in [1.29, 1.82) is 0 Å². The Labute approximate surface area is 175 Å². The molecule has 0 radical (unpaired) electrons. The van der Waals surface area contributed by atoms with Gasteiger partial charge in [-0.15, -0.1) is 0 Å². The van der Waals surface area contributed by atoms with Crippen LogP contribution in [-0.2, 0) is 17.5 Å². The SMILES string of the molecule is O=C(NCCC(O)C(O)c1c(Cl)cc(C(F)(F)F)cc1Cl)OCc1ccccc1. The van der Waals surface area contributed by atoms with Gasteiger partial charge in [-0.25, -0.2) is 4.79 Å². The van der Waals surface area contributed by atoms with Gasteiger partial charge >= 0.3 is 12.3 Å². The highest BCUT2D eigenvalue weighted by atomic mass is 35.5. The fraction of sp³-hybridized carbons (Fsp3) is 0.316. The van der Waals surface area contributed by atoms with E-state index >= 15 is 0 Å². The summed E-state index contributed by atoms with van der Waals surface area (Å²) >= 11 is 11.6. The summed E-state index contributed by atoms with van der Waals surface area (Å²) in [6, 6.07) is 10.2. The first-order chi connectivity index (χ1) is 13.6. The van der Waals surface area contributed by atoms with E-state index in [1.807, 2.05) is 6.07 Å². The van der Waals surface area contributed by atoms with Crippen LogP contribution in [0.2, 0.25) is 10.0 Å². The van der Waals surface area contributed by atoms with Gasteiger partial charge in [0.2, 0.25) is 0 Å². The third-order valence-electron chi connectivity index (χ3n) is 3.99. The summed E-state index contributed by atoms with van der Waals surface area (Å²) in [6.45, 7) is 0.0103. The lowest BCUT2D eigenvalue weighted by Gasteiger charge is -2.21. The number of amides is 1. The van der Waals surface area contributed by atoms with Gasteiger partial charge in [0.1, 0.15) is 12.7 Å². The minimum atomic E-state index is -4.65. The fourth-order valence-electron chi connectivity index (χ4n) is 2.48. The molecule has 2 atom stereocenters. The van der Waals surface area contributed by atoms with E-state index in [-0.39, 0.29) is 25.1 Å². The Balaban J connectivity index is 1.87. The van der Waals surface area contributed by atoms with Crippen molar-refractivity contribution in [2.75, 3.05) is 6.54 Å². The second-order valence-corrected chi connectivity index (χ2v) is 6.96. The Hall–Kier alpha value is -2.00. The van der Waals surface area contributed by atoms with E-state index in [1.54, 1.807) is 24.3 Å². The molecule has 0 aromatic heterocycles. The molecule has 3 N–H and O–H groups in total. The van der Waals surface area contributed by atoms with Crippen LogP contribution in [-0.4, -0.2) is 29.0 Å². The Kier molecular flexibility index (Phi) is 8.15. The van der Waals surface area contributed by atoms with Crippen molar-refractivity contribution in [3.05, 3.63) is 69.2 Å². The lowest BCUT2D eigenvalue weighted by Crippen LogP contribution is -2.30. The van der Waals surface area contributed by atoms with Gasteiger partial charge in [0.25, 0.3) is 0 Å². The third kappa shape index (κ3) is 6.78. The van der Waals surface area contributed by atoms with Gasteiger partial charge in [0, 0.05) is 22.2 Å². The Bertz CT molecular complexity index is 811. The quantitative estimate of drug-likeness (QED) is 0.568. The van der Waals surface area contributed by atoms with Crippen molar-refractivity contribution in [2.45, 2.75) is 31.4 Å². The monoisotopic (exact) mass is 451 g/mol. The maximum absolute atomic E-state index is 12.8. The molecule has 0 saturated carbocycles. The zero-order valence-corrected chi connectivity index (χ0v) is 16.4. The standard InChI is InChI=1S/C19H18Cl2F3NO4/c20-13-8-12(19(22,23)24)9-14(21)16(13)17(27)15(26)6-7-25-18(28)29-10-11-4-2-1-3-5-11/h1-5,8-9,15,17,26-27H,6-7,10H2,(H,25,28). The normalized spacial score (nSPS) is 13.6. The third-order valence-corrected chi connectivity index (χ3v) is 4.61. The summed E-state index contributed by atoms with van der Waals surface area (Å²) in [6.07, 6.45) is -8.56. The number of benzene rings is 2. The summed E-state index contributed by atoms with van der Waals surface area (Å²) < 4.78 is 43.3. The second kappa shape index (κ2) is 10.2. The molecular formula is C19H18Cl2F3NO4. The predicted octanol–water partition coefficient (Wildman–Crippen LogP) is 4.72. The molecule has 0 heterocycles. The van der Waals surface area contributed by atoms with Gasteiger partial charge in [-0.1, -0.05) is 53.5 Å². The lowest BCUT2D eigenvalue weighted by atomic mass is 10.00. The number of hydrogen-bond acceptors (Lipinski definition) is 4. The van der Waals surface area contributed by atoms with Crippen LogP contribution in [0.3, 0.4) is 0 Å². The van der Waals surface area contributed by atoms with Crippen molar-refractivity contribution in [3.8, 4) is 0 Å². The van der Waals surface area contributed by atoms with E-state index in [0.717, 1.165) is 5.56 Å². The molecule has 0 bridgehead atoms. The molecule has 2 aromatic rings. The molecule has 158 valence electrons. The molecule has 0 aliphatic heterocycles. The highest BCUT2D eigenvalue weighted by Crippen LogP contribution is 2.39. The number of rotatable bonds is 7. The first kappa shape index (κ1) is 23.3. The summed E-state index contributed by atoms with van der Waals surface area (Å²) in [7, 11) is 0. The van der Waals surface area contributed by atoms with Gasteiger partial charge in [-0.2, -0.15) is 13.2 Å². The van der Waals surface area contributed by atoms with E-state index in [0.29, 0.717) is 12.1 Å². The number of aliphatic hydroxyl groups excluding tert-OH is 2. The van der Waals surface area contributed by atoms with E-state index in [9.17, 15) is 28.2 Å². The Morgan fingerprint density at radius 1 is 1.10 bits per heavy atom. The van der Waals surface area contributed by atoms with E-state index in [2.05, 4.69) is 5.32 Å². The van der Waals surface area contributed by atoms with Gasteiger partial charge in [-0.3, -0.25) is 0 Å². The average molecular weight is 452 g/mol. The van der Waals surface area contributed by atoms with Crippen LogP contribution in [0, 0.1) is 0 Å². The molecule has 10 heteroatoms. The molecular weight excluding hydrogens is 434 g/mol. The van der Waals surface area contributed by atoms with Gasteiger partial charge in [0.05, 0.1) is 11.7 Å². The zero-order chi connectivity index (χ0) is 21.6. The highest BCUT2D eigenvalue weighted by Gasteiger charge is 2.33. The second-order valence-electron chi connectivity index (χ2n) is 6.14. The van der Waals surface area contributed by atoms with E-state index < -0.39 is 40.1 Å². The number of alkyl carbamates (subject to hydrolysis) is 1. The minimum Gasteiger partial charge on any atom is -0.445 e. The summed E-state index contributed by atoms with van der Waals surface area (Å²) in [5, 5.41) is 21.9. The van der Waals surface area contributed by atoms with Crippen LogP contribution in [0.15, 0.2) is 42.5 Å². The zero-order valence-electron chi connectivity index (χ0n) is 14.9. The molecule has 0 fully saturated rings. The molecule has 2 rings (SSSR count). The van der Waals surface area contributed by atoms with Gasteiger partial charge in [-0.05, 0) is 24.1 Å². The number of carbonyl (C=O) groups excluding carboxylic acids is 1. The Morgan fingerprint density at radius 3 is 2.24 bits per heavy atom. The number of alkyl halides is 3. The molecule has 0 aliphatic rings. The number of hydrogen-bond donors (Lipinski definition) is 3. The molecule has 1 amide bonds. The van der Waals surface area contributed by atoms with E-state index in [1.165, 1.54) is 0 Å². The predicted molar refractivity (Wildman–Crippen MR) is 102 cm³/mol. The number of carbonyl (C=O) groups is 1. The van der Waals surface area contributed by atoms with Crippen molar-refractivity contribution in [2.24, 2.45) is 0 Å². The first-order valence-corrected chi connectivity index (χ1v) is 9.22. The number of ether oxygens (including phenoxy) is 1. The maximum Gasteiger partial charge on any atom is 0.416 e. The Morgan fingerprint density at radius 2 is 1.69 bits per heavy atom. The number of nitrogens with one attached hydrogen (secondary N) is 1. The summed E-state index contributed by atoms with van der Waals surface area (Å²) in [5.41, 5.74) is -0.494. The average Bonchev–Trinajstić information content (AvgIpc) is 2.65. The summed E-state index contributed by atoms with van der Waals surface area (Å²) in [5.74, 6) is 0. The smallest absolute Gasteiger partial charge is 0.416 e. The first-order valence-electron chi connectivity index (χ1n) is 8.46. The van der Waals surface area contributed by atoms with Crippen LogP contribution in [0.25, 0.3) is 0 Å². The summed E-state index contributed by atoms with van der Waals surface area (Å²) in [4.78, 5) is 11.7. The molecule has 29 heavy (non-hydrogen) atoms. The van der Waals surface area contributed by atoms with Crippen LogP contribution in [0.1, 0.15) is 29.2 Å². The number of aliphatic hydroxyl groups is 2. The van der Waals surface area contributed by atoms with Crippen LogP contribution in [0.5, 0.6) is 0 Å². The molecule has 5 nitrogen and oxygen atoms in total. The maximum atomic E-state index is 12.8. The largest absolute Gasteiger partial charge is 0.445 e. The topological polar surface area (TPSA) is 78.8 Å². The molecule has 0 spiro atoms. The van der Waals surface area contributed by atoms with Gasteiger partial charge in [0.15, 0.2) is 0 Å².